The highest BCUT2D eigenvalue weighted by atomic mass is 16.1. The highest BCUT2D eigenvalue weighted by Gasteiger charge is 2.07. The first-order valence-corrected chi connectivity index (χ1v) is 4.13. The molecule has 0 amide bonds. The Bertz CT molecular complexity index is 130. The van der Waals surface area contributed by atoms with Gasteiger partial charge in [0.15, 0.2) is 0 Å². The normalized spacial score (nSPS) is 12.5. The Morgan fingerprint density at radius 3 is 2.55 bits per heavy atom. The topological polar surface area (TPSA) is 34.1 Å². The Morgan fingerprint density at radius 1 is 1.55 bits per heavy atom. The molecule has 0 saturated carbocycles. The molecule has 0 spiro atoms. The third kappa shape index (κ3) is 5.77. The number of carbonyl (C=O) groups is 2. The molecule has 0 saturated heterocycles. The van der Waals surface area contributed by atoms with Gasteiger partial charge in [0.1, 0.15) is 12.1 Å². The molecular weight excluding hydrogens is 140 g/mol. The van der Waals surface area contributed by atoms with E-state index >= 15 is 0 Å². The Balaban J connectivity index is 3.57. The van der Waals surface area contributed by atoms with Crippen LogP contribution in [-0.4, -0.2) is 12.1 Å². The van der Waals surface area contributed by atoms with Crippen molar-refractivity contribution in [1.82, 2.24) is 0 Å². The summed E-state index contributed by atoms with van der Waals surface area (Å²) in [6.07, 6.45) is 3.99. The molecule has 0 aromatic heterocycles. The average molecular weight is 156 g/mol. The lowest BCUT2D eigenvalue weighted by Gasteiger charge is -2.09. The fourth-order valence-corrected chi connectivity index (χ4v) is 1.16. The van der Waals surface area contributed by atoms with Gasteiger partial charge in [0.2, 0.25) is 0 Å². The number of carbonyl (C=O) groups excluding carboxylic acids is 2. The highest BCUT2D eigenvalue weighted by Crippen LogP contribution is 2.14. The van der Waals surface area contributed by atoms with Gasteiger partial charge in [-0.2, -0.15) is 0 Å². The molecule has 0 fully saturated rings. The molecule has 11 heavy (non-hydrogen) atoms. The van der Waals surface area contributed by atoms with Crippen LogP contribution in [0.2, 0.25) is 0 Å². The first-order valence-electron chi connectivity index (χ1n) is 4.13. The third-order valence-electron chi connectivity index (χ3n) is 1.85. The first-order chi connectivity index (χ1) is 5.20. The van der Waals surface area contributed by atoms with Gasteiger partial charge in [-0.15, -0.1) is 0 Å². The van der Waals surface area contributed by atoms with Gasteiger partial charge in [0.25, 0.3) is 0 Å². The van der Waals surface area contributed by atoms with Crippen LogP contribution >= 0.6 is 0 Å². The summed E-state index contributed by atoms with van der Waals surface area (Å²) in [4.78, 5) is 20.7. The standard InChI is InChI=1S/C9H16O2/c1-3-9(5-4-6-10)7-8(2)11/h6,9H,3-5,7H2,1-2H3/t9-/m1/s1. The zero-order valence-corrected chi connectivity index (χ0v) is 7.30. The van der Waals surface area contributed by atoms with Crippen LogP contribution in [0.25, 0.3) is 0 Å². The van der Waals surface area contributed by atoms with Crippen molar-refractivity contribution in [3.05, 3.63) is 0 Å². The molecule has 2 nitrogen and oxygen atoms in total. The van der Waals surface area contributed by atoms with Crippen LogP contribution in [-0.2, 0) is 9.59 Å². The lowest BCUT2D eigenvalue weighted by Crippen LogP contribution is -2.04. The number of hydrogen-bond acceptors (Lipinski definition) is 2. The number of Topliss-reactive ketones (excluding diaryl/α,β-unsaturated/α-hetero) is 1. The van der Waals surface area contributed by atoms with Gasteiger partial charge >= 0.3 is 0 Å². The van der Waals surface area contributed by atoms with Crippen molar-refractivity contribution in [2.45, 2.75) is 39.5 Å². The van der Waals surface area contributed by atoms with Gasteiger partial charge < -0.3 is 9.59 Å². The minimum absolute atomic E-state index is 0.225. The minimum Gasteiger partial charge on any atom is -0.303 e. The van der Waals surface area contributed by atoms with Crippen LogP contribution in [0.15, 0.2) is 0 Å². The fraction of sp³-hybridized carbons (Fsp3) is 0.778. The van der Waals surface area contributed by atoms with E-state index < -0.39 is 0 Å². The van der Waals surface area contributed by atoms with Crippen LogP contribution in [0.5, 0.6) is 0 Å². The summed E-state index contributed by atoms with van der Waals surface area (Å²) in [6, 6.07) is 0. The van der Waals surface area contributed by atoms with E-state index in [-0.39, 0.29) is 5.78 Å². The van der Waals surface area contributed by atoms with Crippen molar-refractivity contribution in [3.8, 4) is 0 Å². The predicted molar refractivity (Wildman–Crippen MR) is 44.4 cm³/mol. The number of ketones is 1. The number of rotatable bonds is 6. The number of aldehydes is 1. The summed E-state index contributed by atoms with van der Waals surface area (Å²) in [7, 11) is 0. The van der Waals surface area contributed by atoms with E-state index in [0.717, 1.165) is 19.1 Å². The molecule has 0 radical (unpaired) electrons. The van der Waals surface area contributed by atoms with Crippen molar-refractivity contribution >= 4 is 12.1 Å². The molecule has 64 valence electrons. The largest absolute Gasteiger partial charge is 0.303 e. The van der Waals surface area contributed by atoms with Gasteiger partial charge in [-0.05, 0) is 19.3 Å². The van der Waals surface area contributed by atoms with Gasteiger partial charge in [0, 0.05) is 12.8 Å². The second-order valence-corrected chi connectivity index (χ2v) is 2.92. The minimum atomic E-state index is 0.225. The van der Waals surface area contributed by atoms with E-state index in [1.165, 1.54) is 0 Å². The SMILES string of the molecule is CC[C@H](CCC=O)CC(C)=O. The molecule has 0 aliphatic heterocycles. The molecule has 0 heterocycles. The zero-order valence-electron chi connectivity index (χ0n) is 7.30. The molecule has 0 aliphatic carbocycles. The van der Waals surface area contributed by atoms with E-state index in [2.05, 4.69) is 6.92 Å². The molecule has 0 unspecified atom stereocenters. The van der Waals surface area contributed by atoms with Gasteiger partial charge in [-0.1, -0.05) is 13.3 Å². The van der Waals surface area contributed by atoms with Gasteiger partial charge in [-0.25, -0.2) is 0 Å². The number of hydrogen-bond donors (Lipinski definition) is 0. The predicted octanol–water partition coefficient (Wildman–Crippen LogP) is 1.97. The molecule has 2 heteroatoms. The van der Waals surface area contributed by atoms with Crippen molar-refractivity contribution in [3.63, 3.8) is 0 Å². The van der Waals surface area contributed by atoms with E-state index in [9.17, 15) is 9.59 Å². The van der Waals surface area contributed by atoms with E-state index in [4.69, 9.17) is 0 Å². The second-order valence-electron chi connectivity index (χ2n) is 2.92. The maximum absolute atomic E-state index is 10.7. The monoisotopic (exact) mass is 156 g/mol. The Labute approximate surface area is 68.0 Å². The lowest BCUT2D eigenvalue weighted by molar-refractivity contribution is -0.118. The highest BCUT2D eigenvalue weighted by molar-refractivity contribution is 5.75. The molecular formula is C9H16O2. The van der Waals surface area contributed by atoms with Crippen LogP contribution in [0, 0.1) is 5.92 Å². The summed E-state index contributed by atoms with van der Waals surface area (Å²) >= 11 is 0. The summed E-state index contributed by atoms with van der Waals surface area (Å²) in [6.45, 7) is 3.65. The van der Waals surface area contributed by atoms with E-state index in [1.54, 1.807) is 6.92 Å². The summed E-state index contributed by atoms with van der Waals surface area (Å²) in [5.41, 5.74) is 0. The molecule has 0 N–H and O–H groups in total. The third-order valence-corrected chi connectivity index (χ3v) is 1.85. The Kier molecular flexibility index (Phi) is 5.71. The van der Waals surface area contributed by atoms with Crippen LogP contribution in [0.1, 0.15) is 39.5 Å². The quantitative estimate of drug-likeness (QED) is 0.551. The zero-order chi connectivity index (χ0) is 8.69. The van der Waals surface area contributed by atoms with E-state index in [1.807, 2.05) is 0 Å². The summed E-state index contributed by atoms with van der Waals surface area (Å²) in [5.74, 6) is 0.639. The molecule has 0 aliphatic rings. The Morgan fingerprint density at radius 2 is 2.18 bits per heavy atom. The summed E-state index contributed by atoms with van der Waals surface area (Å²) in [5, 5.41) is 0. The van der Waals surface area contributed by atoms with Crippen LogP contribution < -0.4 is 0 Å². The van der Waals surface area contributed by atoms with Gasteiger partial charge in [-0.3, -0.25) is 0 Å². The van der Waals surface area contributed by atoms with Crippen molar-refractivity contribution < 1.29 is 9.59 Å². The molecule has 0 aromatic rings. The summed E-state index contributed by atoms with van der Waals surface area (Å²) < 4.78 is 0. The van der Waals surface area contributed by atoms with Crippen molar-refractivity contribution in [1.29, 1.82) is 0 Å². The molecule has 0 aromatic carbocycles. The first kappa shape index (κ1) is 10.3. The lowest BCUT2D eigenvalue weighted by atomic mass is 9.95. The molecule has 1 atom stereocenters. The maximum atomic E-state index is 10.7. The van der Waals surface area contributed by atoms with Crippen molar-refractivity contribution in [2.75, 3.05) is 0 Å². The van der Waals surface area contributed by atoms with Gasteiger partial charge in [0.05, 0.1) is 0 Å². The smallest absolute Gasteiger partial charge is 0.130 e. The van der Waals surface area contributed by atoms with Crippen LogP contribution in [0.4, 0.5) is 0 Å². The van der Waals surface area contributed by atoms with Crippen molar-refractivity contribution in [2.24, 2.45) is 5.92 Å². The van der Waals surface area contributed by atoms with E-state index in [0.29, 0.717) is 18.8 Å². The van der Waals surface area contributed by atoms with Crippen LogP contribution in [0.3, 0.4) is 0 Å². The second kappa shape index (κ2) is 6.08. The average Bonchev–Trinajstić information content (AvgIpc) is 1.97. The maximum Gasteiger partial charge on any atom is 0.130 e. The Hall–Kier alpha value is -0.660. The fourth-order valence-electron chi connectivity index (χ4n) is 1.16. The molecule has 0 bridgehead atoms. The molecule has 0 rings (SSSR count).